The minimum absolute atomic E-state index is 0.0758. The first kappa shape index (κ1) is 15.4. The van der Waals surface area contributed by atoms with Crippen molar-refractivity contribution in [2.75, 3.05) is 13.7 Å². The van der Waals surface area contributed by atoms with Gasteiger partial charge in [-0.3, -0.25) is 14.9 Å². The third-order valence-corrected chi connectivity index (χ3v) is 3.13. The van der Waals surface area contributed by atoms with Gasteiger partial charge in [-0.25, -0.2) is 0 Å². The number of hydrogen-bond acceptors (Lipinski definition) is 5. The van der Waals surface area contributed by atoms with Crippen molar-refractivity contribution in [2.45, 2.75) is 18.2 Å². The highest BCUT2D eigenvalue weighted by atomic mass is 79.9. The van der Waals surface area contributed by atoms with Crippen LogP contribution in [-0.2, 0) is 16.0 Å². The number of rotatable bonds is 6. The van der Waals surface area contributed by atoms with Gasteiger partial charge in [0.05, 0.1) is 24.7 Å². The van der Waals surface area contributed by atoms with Gasteiger partial charge in [0.2, 0.25) is 0 Å². The molecule has 0 bridgehead atoms. The summed E-state index contributed by atoms with van der Waals surface area (Å²) >= 11 is 3.17. The van der Waals surface area contributed by atoms with Crippen LogP contribution in [0.15, 0.2) is 18.2 Å². The highest BCUT2D eigenvalue weighted by molar-refractivity contribution is 9.10. The summed E-state index contributed by atoms with van der Waals surface area (Å²) in [5.74, 6) is -0.0367. The van der Waals surface area contributed by atoms with Gasteiger partial charge in [0, 0.05) is 12.0 Å². The molecule has 1 aromatic rings. The van der Waals surface area contributed by atoms with Crippen LogP contribution < -0.4 is 4.74 Å². The van der Waals surface area contributed by atoms with Crippen LogP contribution in [0.3, 0.4) is 0 Å². The van der Waals surface area contributed by atoms with Gasteiger partial charge in [0.25, 0.3) is 5.69 Å². The van der Waals surface area contributed by atoms with E-state index in [9.17, 15) is 14.9 Å². The SMILES string of the molecule is CCOC(=O)C(Br)Cc1ccc(OC)cc1[N+](=O)[O-]. The summed E-state index contributed by atoms with van der Waals surface area (Å²) < 4.78 is 9.78. The number of nitro benzene ring substituents is 1. The predicted octanol–water partition coefficient (Wildman–Crippen LogP) is 2.47. The first-order valence-corrected chi connectivity index (χ1v) is 6.53. The first-order chi connectivity index (χ1) is 8.99. The van der Waals surface area contributed by atoms with Crippen molar-refractivity contribution in [3.8, 4) is 5.75 Å². The van der Waals surface area contributed by atoms with Crippen LogP contribution in [-0.4, -0.2) is 29.4 Å². The maximum atomic E-state index is 11.5. The lowest BCUT2D eigenvalue weighted by molar-refractivity contribution is -0.385. The zero-order valence-electron chi connectivity index (χ0n) is 10.6. The van der Waals surface area contributed by atoms with Gasteiger partial charge in [-0.15, -0.1) is 0 Å². The summed E-state index contributed by atoms with van der Waals surface area (Å²) in [5.41, 5.74) is 0.369. The molecule has 0 aromatic heterocycles. The van der Waals surface area contributed by atoms with Gasteiger partial charge in [-0.05, 0) is 19.1 Å². The molecule has 0 N–H and O–H groups in total. The molecule has 0 saturated carbocycles. The topological polar surface area (TPSA) is 78.7 Å². The van der Waals surface area contributed by atoms with Gasteiger partial charge in [0.15, 0.2) is 0 Å². The molecule has 0 aliphatic carbocycles. The van der Waals surface area contributed by atoms with Crippen LogP contribution in [0.5, 0.6) is 5.75 Å². The predicted molar refractivity (Wildman–Crippen MR) is 72.7 cm³/mol. The van der Waals surface area contributed by atoms with Crippen molar-refractivity contribution >= 4 is 27.6 Å². The van der Waals surface area contributed by atoms with E-state index in [0.717, 1.165) is 0 Å². The second-order valence-corrected chi connectivity index (χ2v) is 4.78. The normalized spacial score (nSPS) is 11.7. The van der Waals surface area contributed by atoms with E-state index in [2.05, 4.69) is 15.9 Å². The molecule has 0 spiro atoms. The Morgan fingerprint density at radius 3 is 2.74 bits per heavy atom. The molecule has 7 heteroatoms. The summed E-state index contributed by atoms with van der Waals surface area (Å²) in [5, 5.41) is 11.0. The fraction of sp³-hybridized carbons (Fsp3) is 0.417. The zero-order chi connectivity index (χ0) is 14.4. The maximum Gasteiger partial charge on any atom is 0.320 e. The van der Waals surface area contributed by atoms with Crippen LogP contribution in [0.1, 0.15) is 12.5 Å². The Morgan fingerprint density at radius 1 is 1.53 bits per heavy atom. The summed E-state index contributed by atoms with van der Waals surface area (Å²) in [6.07, 6.45) is 0.180. The number of nitro groups is 1. The largest absolute Gasteiger partial charge is 0.497 e. The highest BCUT2D eigenvalue weighted by Gasteiger charge is 2.22. The van der Waals surface area contributed by atoms with E-state index in [4.69, 9.17) is 9.47 Å². The Kier molecular flexibility index (Phi) is 5.75. The quantitative estimate of drug-likeness (QED) is 0.346. The molecular formula is C12H14BrNO5. The Morgan fingerprint density at radius 2 is 2.21 bits per heavy atom. The van der Waals surface area contributed by atoms with Gasteiger partial charge < -0.3 is 9.47 Å². The number of benzene rings is 1. The molecule has 1 unspecified atom stereocenters. The van der Waals surface area contributed by atoms with Crippen LogP contribution in [0.2, 0.25) is 0 Å². The fourth-order valence-corrected chi connectivity index (χ4v) is 2.00. The van der Waals surface area contributed by atoms with E-state index in [1.807, 2.05) is 0 Å². The molecule has 19 heavy (non-hydrogen) atoms. The molecule has 1 rings (SSSR count). The Hall–Kier alpha value is -1.63. The first-order valence-electron chi connectivity index (χ1n) is 5.61. The Bertz CT molecular complexity index is 477. The van der Waals surface area contributed by atoms with Gasteiger partial charge in [0.1, 0.15) is 10.6 Å². The zero-order valence-corrected chi connectivity index (χ0v) is 12.2. The Balaban J connectivity index is 2.94. The van der Waals surface area contributed by atoms with Gasteiger partial charge in [-0.1, -0.05) is 15.9 Å². The van der Waals surface area contributed by atoms with Crippen LogP contribution in [0, 0.1) is 10.1 Å². The van der Waals surface area contributed by atoms with Crippen molar-refractivity contribution < 1.29 is 19.2 Å². The van der Waals surface area contributed by atoms with E-state index in [1.54, 1.807) is 19.1 Å². The van der Waals surface area contributed by atoms with Gasteiger partial charge >= 0.3 is 5.97 Å². The third-order valence-electron chi connectivity index (χ3n) is 2.43. The summed E-state index contributed by atoms with van der Waals surface area (Å²) in [7, 11) is 1.44. The van der Waals surface area contributed by atoms with Crippen LogP contribution in [0.4, 0.5) is 5.69 Å². The lowest BCUT2D eigenvalue weighted by atomic mass is 10.1. The number of alkyl halides is 1. The molecule has 1 aromatic carbocycles. The van der Waals surface area contributed by atoms with Crippen molar-refractivity contribution in [1.29, 1.82) is 0 Å². The number of hydrogen-bond donors (Lipinski definition) is 0. The van der Waals surface area contributed by atoms with Crippen LogP contribution >= 0.6 is 15.9 Å². The second-order valence-electron chi connectivity index (χ2n) is 3.68. The molecule has 0 radical (unpaired) electrons. The van der Waals surface area contributed by atoms with Crippen molar-refractivity contribution in [1.82, 2.24) is 0 Å². The Labute approximate surface area is 119 Å². The molecule has 0 amide bonds. The van der Waals surface area contributed by atoms with E-state index >= 15 is 0 Å². The summed E-state index contributed by atoms with van der Waals surface area (Å²) in [6.45, 7) is 1.97. The minimum atomic E-state index is -0.612. The molecule has 0 aliphatic heterocycles. The molecule has 0 heterocycles. The average molecular weight is 332 g/mol. The number of halogens is 1. The summed E-state index contributed by atoms with van der Waals surface area (Å²) in [6, 6.07) is 4.53. The molecule has 104 valence electrons. The number of nitrogens with zero attached hydrogens (tertiary/aromatic N) is 1. The molecule has 0 aliphatic rings. The average Bonchev–Trinajstić information content (AvgIpc) is 2.39. The second kappa shape index (κ2) is 7.08. The van der Waals surface area contributed by atoms with Crippen molar-refractivity contribution in [2.24, 2.45) is 0 Å². The molecule has 0 fully saturated rings. The lowest BCUT2D eigenvalue weighted by Gasteiger charge is -2.10. The minimum Gasteiger partial charge on any atom is -0.497 e. The number of carbonyl (C=O) groups is 1. The van der Waals surface area contributed by atoms with E-state index < -0.39 is 15.7 Å². The monoisotopic (exact) mass is 331 g/mol. The van der Waals surface area contributed by atoms with Crippen LogP contribution in [0.25, 0.3) is 0 Å². The number of methoxy groups -OCH3 is 1. The van der Waals surface area contributed by atoms with Crippen molar-refractivity contribution in [3.05, 3.63) is 33.9 Å². The third kappa shape index (κ3) is 4.20. The fourth-order valence-electron chi connectivity index (χ4n) is 1.52. The smallest absolute Gasteiger partial charge is 0.320 e. The summed E-state index contributed by atoms with van der Waals surface area (Å²) in [4.78, 5) is 21.4. The van der Waals surface area contributed by atoms with E-state index in [1.165, 1.54) is 13.2 Å². The highest BCUT2D eigenvalue weighted by Crippen LogP contribution is 2.27. The lowest BCUT2D eigenvalue weighted by Crippen LogP contribution is -2.20. The molecule has 6 nitrogen and oxygen atoms in total. The molecular weight excluding hydrogens is 318 g/mol. The standard InChI is InChI=1S/C12H14BrNO5/c1-3-19-12(15)10(13)6-8-4-5-9(18-2)7-11(8)14(16)17/h4-5,7,10H,3,6H2,1-2H3. The number of carbonyl (C=O) groups excluding carboxylic acids is 1. The molecule has 1 atom stereocenters. The van der Waals surface area contributed by atoms with Crippen molar-refractivity contribution in [3.63, 3.8) is 0 Å². The van der Waals surface area contributed by atoms with E-state index in [-0.39, 0.29) is 18.7 Å². The van der Waals surface area contributed by atoms with E-state index in [0.29, 0.717) is 11.3 Å². The van der Waals surface area contributed by atoms with Gasteiger partial charge in [-0.2, -0.15) is 0 Å². The molecule has 0 saturated heterocycles. The maximum absolute atomic E-state index is 11.5. The number of esters is 1. The number of ether oxygens (including phenoxy) is 2.